The summed E-state index contributed by atoms with van der Waals surface area (Å²) in [6, 6.07) is 6.12. The van der Waals surface area contributed by atoms with E-state index in [9.17, 15) is 0 Å². The average molecular weight is 299 g/mol. The molecule has 0 aliphatic rings. The number of aromatic amines is 1. The number of aromatic nitrogens is 3. The molecule has 84 valence electrons. The summed E-state index contributed by atoms with van der Waals surface area (Å²) >= 11 is 5.05. The van der Waals surface area contributed by atoms with Gasteiger partial charge in [0, 0.05) is 15.4 Å². The lowest BCUT2D eigenvalue weighted by Gasteiger charge is -2.08. The van der Waals surface area contributed by atoms with Gasteiger partial charge < -0.3 is 5.73 Å². The molecular weight excluding hydrogens is 288 g/mol. The molecule has 2 aromatic rings. The fourth-order valence-corrected chi connectivity index (χ4v) is 2.57. The van der Waals surface area contributed by atoms with Gasteiger partial charge >= 0.3 is 0 Å². The minimum absolute atomic E-state index is 0.0422. The van der Waals surface area contributed by atoms with Crippen LogP contribution >= 0.6 is 27.7 Å². The quantitative estimate of drug-likeness (QED) is 0.914. The molecule has 0 spiro atoms. The second-order valence-electron chi connectivity index (χ2n) is 3.37. The lowest BCUT2D eigenvalue weighted by Crippen LogP contribution is -2.04. The van der Waals surface area contributed by atoms with Gasteiger partial charge in [-0.15, -0.1) is 0 Å². The number of benzene rings is 1. The Labute approximate surface area is 106 Å². The van der Waals surface area contributed by atoms with Gasteiger partial charge in [0.15, 0.2) is 5.16 Å². The van der Waals surface area contributed by atoms with Crippen LogP contribution in [0.4, 0.5) is 0 Å². The first kappa shape index (κ1) is 11.6. The van der Waals surface area contributed by atoms with Crippen LogP contribution in [-0.4, -0.2) is 15.2 Å². The van der Waals surface area contributed by atoms with E-state index in [2.05, 4.69) is 31.1 Å². The van der Waals surface area contributed by atoms with Crippen LogP contribution < -0.4 is 5.73 Å². The molecule has 0 fully saturated rings. The molecule has 16 heavy (non-hydrogen) atoms. The van der Waals surface area contributed by atoms with Crippen LogP contribution in [0, 0.1) is 0 Å². The Hall–Kier alpha value is -0.850. The first-order chi connectivity index (χ1) is 7.66. The zero-order chi connectivity index (χ0) is 11.5. The van der Waals surface area contributed by atoms with E-state index in [4.69, 9.17) is 5.73 Å². The molecule has 0 aliphatic heterocycles. The number of nitrogens with two attached hydrogens (primary N) is 1. The van der Waals surface area contributed by atoms with Gasteiger partial charge in [0.1, 0.15) is 6.33 Å². The minimum atomic E-state index is 0.0422. The fraction of sp³-hybridized carbons (Fsp3) is 0.200. The number of hydrogen-bond donors (Lipinski definition) is 2. The molecule has 0 aliphatic carbocycles. The molecule has 0 amide bonds. The topological polar surface area (TPSA) is 67.6 Å². The van der Waals surface area contributed by atoms with Crippen LogP contribution in [0.3, 0.4) is 0 Å². The van der Waals surface area contributed by atoms with E-state index in [-0.39, 0.29) is 6.04 Å². The number of nitrogens with zero attached hydrogens (tertiary/aromatic N) is 2. The van der Waals surface area contributed by atoms with Crippen molar-refractivity contribution in [3.8, 4) is 0 Å². The molecule has 4 nitrogen and oxygen atoms in total. The predicted octanol–water partition coefficient (Wildman–Crippen LogP) is 2.74. The smallest absolute Gasteiger partial charge is 0.188 e. The van der Waals surface area contributed by atoms with Gasteiger partial charge in [0.05, 0.1) is 0 Å². The Kier molecular flexibility index (Phi) is 3.63. The first-order valence-electron chi connectivity index (χ1n) is 4.75. The van der Waals surface area contributed by atoms with E-state index < -0.39 is 0 Å². The Morgan fingerprint density at radius 2 is 2.31 bits per heavy atom. The highest BCUT2D eigenvalue weighted by atomic mass is 79.9. The van der Waals surface area contributed by atoms with Crippen LogP contribution in [0.1, 0.15) is 18.5 Å². The maximum Gasteiger partial charge on any atom is 0.188 e. The summed E-state index contributed by atoms with van der Waals surface area (Å²) in [6.45, 7) is 1.96. The van der Waals surface area contributed by atoms with Gasteiger partial charge in [-0.2, -0.15) is 5.10 Å². The van der Waals surface area contributed by atoms with Crippen molar-refractivity contribution in [3.63, 3.8) is 0 Å². The lowest BCUT2D eigenvalue weighted by atomic mass is 10.1. The molecule has 1 atom stereocenters. The number of hydrogen-bond acceptors (Lipinski definition) is 4. The highest BCUT2D eigenvalue weighted by Gasteiger charge is 2.07. The van der Waals surface area contributed by atoms with Gasteiger partial charge in [-0.1, -0.05) is 6.07 Å². The van der Waals surface area contributed by atoms with Crippen molar-refractivity contribution < 1.29 is 0 Å². The second-order valence-corrected chi connectivity index (χ2v) is 5.26. The van der Waals surface area contributed by atoms with Crippen molar-refractivity contribution >= 4 is 27.7 Å². The van der Waals surface area contributed by atoms with E-state index in [1.54, 1.807) is 0 Å². The maximum atomic E-state index is 5.81. The van der Waals surface area contributed by atoms with Crippen LogP contribution in [-0.2, 0) is 0 Å². The molecule has 0 saturated heterocycles. The summed E-state index contributed by atoms with van der Waals surface area (Å²) in [5, 5.41) is 7.38. The fourth-order valence-electron chi connectivity index (χ4n) is 1.23. The van der Waals surface area contributed by atoms with E-state index in [1.165, 1.54) is 18.1 Å². The van der Waals surface area contributed by atoms with Gasteiger partial charge in [-0.25, -0.2) is 4.98 Å². The average Bonchev–Trinajstić information content (AvgIpc) is 2.73. The van der Waals surface area contributed by atoms with Gasteiger partial charge in [0.25, 0.3) is 0 Å². The molecule has 0 unspecified atom stereocenters. The molecule has 1 aromatic carbocycles. The van der Waals surface area contributed by atoms with E-state index in [0.717, 1.165) is 20.1 Å². The third kappa shape index (κ3) is 2.63. The molecule has 0 radical (unpaired) electrons. The largest absolute Gasteiger partial charge is 0.324 e. The van der Waals surface area contributed by atoms with Crippen molar-refractivity contribution in [2.75, 3.05) is 0 Å². The van der Waals surface area contributed by atoms with Crippen LogP contribution in [0.25, 0.3) is 0 Å². The van der Waals surface area contributed by atoms with Crippen molar-refractivity contribution in [1.29, 1.82) is 0 Å². The second kappa shape index (κ2) is 4.99. The molecule has 2 rings (SSSR count). The van der Waals surface area contributed by atoms with E-state index in [1.807, 2.05) is 25.1 Å². The van der Waals surface area contributed by atoms with Crippen LogP contribution in [0.5, 0.6) is 0 Å². The highest BCUT2D eigenvalue weighted by Crippen LogP contribution is 2.32. The predicted molar refractivity (Wildman–Crippen MR) is 67.3 cm³/mol. The third-order valence-corrected chi connectivity index (χ3v) is 3.97. The Morgan fingerprint density at radius 1 is 1.50 bits per heavy atom. The molecule has 6 heteroatoms. The molecular formula is C10H11BrN4S. The van der Waals surface area contributed by atoms with Gasteiger partial charge in [-0.3, -0.25) is 5.10 Å². The summed E-state index contributed by atoms with van der Waals surface area (Å²) < 4.78 is 1.02. The van der Waals surface area contributed by atoms with Crippen LogP contribution in [0.15, 0.2) is 39.1 Å². The standard InChI is InChI=1S/C10H11BrN4S/c1-6(12)7-2-3-9(8(11)4-7)16-10-13-5-14-15-10/h2-6H,12H2,1H3,(H,13,14,15)/t6-/m0/s1. The molecule has 1 aromatic heterocycles. The SMILES string of the molecule is C[C@H](N)c1ccc(Sc2ncn[nH]2)c(Br)c1. The zero-order valence-corrected chi connectivity index (χ0v) is 11.0. The van der Waals surface area contributed by atoms with Gasteiger partial charge in [0.2, 0.25) is 0 Å². The summed E-state index contributed by atoms with van der Waals surface area (Å²) in [4.78, 5) is 5.15. The third-order valence-electron chi connectivity index (χ3n) is 2.08. The number of rotatable bonds is 3. The normalized spacial score (nSPS) is 12.7. The number of halogens is 1. The van der Waals surface area contributed by atoms with E-state index in [0.29, 0.717) is 0 Å². The maximum absolute atomic E-state index is 5.81. The summed E-state index contributed by atoms with van der Waals surface area (Å²) in [5.74, 6) is 0. The Bertz CT molecular complexity index is 470. The lowest BCUT2D eigenvalue weighted by molar-refractivity contribution is 0.815. The molecule has 0 bridgehead atoms. The van der Waals surface area contributed by atoms with Crippen molar-refractivity contribution in [2.24, 2.45) is 5.73 Å². The van der Waals surface area contributed by atoms with Crippen LogP contribution in [0.2, 0.25) is 0 Å². The monoisotopic (exact) mass is 298 g/mol. The first-order valence-corrected chi connectivity index (χ1v) is 6.36. The molecule has 0 saturated carbocycles. The number of nitrogens with one attached hydrogen (secondary N) is 1. The zero-order valence-electron chi connectivity index (χ0n) is 8.64. The van der Waals surface area contributed by atoms with E-state index >= 15 is 0 Å². The summed E-state index contributed by atoms with van der Waals surface area (Å²) in [6.07, 6.45) is 1.49. The summed E-state index contributed by atoms with van der Waals surface area (Å²) in [7, 11) is 0. The number of H-pyrrole nitrogens is 1. The van der Waals surface area contributed by atoms with Crippen molar-refractivity contribution in [3.05, 3.63) is 34.6 Å². The van der Waals surface area contributed by atoms with Gasteiger partial charge in [-0.05, 0) is 52.3 Å². The van der Waals surface area contributed by atoms with Crippen molar-refractivity contribution in [1.82, 2.24) is 15.2 Å². The Balaban J connectivity index is 2.23. The summed E-state index contributed by atoms with van der Waals surface area (Å²) in [5.41, 5.74) is 6.92. The molecule has 1 heterocycles. The molecule has 3 N–H and O–H groups in total. The Morgan fingerprint density at radius 3 is 2.88 bits per heavy atom. The minimum Gasteiger partial charge on any atom is -0.324 e. The highest BCUT2D eigenvalue weighted by molar-refractivity contribution is 9.10. The van der Waals surface area contributed by atoms with Crippen molar-refractivity contribution in [2.45, 2.75) is 23.0 Å².